The van der Waals surface area contributed by atoms with Crippen LogP contribution in [0.1, 0.15) is 31.2 Å². The van der Waals surface area contributed by atoms with Crippen molar-refractivity contribution in [2.24, 2.45) is 5.92 Å². The van der Waals surface area contributed by atoms with Crippen LogP contribution in [-0.2, 0) is 0 Å². The molecule has 2 aromatic carbocycles. The third-order valence-corrected chi connectivity index (χ3v) is 5.81. The Kier molecular flexibility index (Phi) is 5.32. The third-order valence-electron chi connectivity index (χ3n) is 5.50. The molecule has 6 nitrogen and oxygen atoms in total. The van der Waals surface area contributed by atoms with Gasteiger partial charge in [-0.25, -0.2) is 4.79 Å². The predicted molar refractivity (Wildman–Crippen MR) is 121 cm³/mol. The maximum Gasteiger partial charge on any atom is 0.319 e. The van der Waals surface area contributed by atoms with Crippen LogP contribution >= 0.6 is 11.6 Å². The lowest BCUT2D eigenvalue weighted by molar-refractivity contribution is 0.251. The second kappa shape index (κ2) is 8.27. The zero-order valence-electron chi connectivity index (χ0n) is 17.3. The molecule has 2 saturated carbocycles. The molecule has 2 amide bonds. The van der Waals surface area contributed by atoms with Crippen molar-refractivity contribution in [3.05, 3.63) is 53.2 Å². The van der Waals surface area contributed by atoms with Gasteiger partial charge in [-0.3, -0.25) is 4.98 Å². The number of hydrogen-bond donors (Lipinski definition) is 2. The highest BCUT2D eigenvalue weighted by Gasteiger charge is 2.24. The number of fused-ring (bicyclic) bond motifs is 1. The SMILES string of the molecule is Cc1cc2c(Oc3ccc(NC(=O)NC4CC4)c(Cl)c3)ccnc2cc1OCC1CC1. The molecule has 0 aliphatic heterocycles. The summed E-state index contributed by atoms with van der Waals surface area (Å²) in [6.07, 6.45) is 6.29. The third kappa shape index (κ3) is 4.85. The van der Waals surface area contributed by atoms with Crippen molar-refractivity contribution in [2.45, 2.75) is 38.6 Å². The van der Waals surface area contributed by atoms with Crippen molar-refractivity contribution >= 4 is 34.2 Å². The summed E-state index contributed by atoms with van der Waals surface area (Å²) >= 11 is 6.37. The van der Waals surface area contributed by atoms with E-state index in [1.165, 1.54) is 12.8 Å². The van der Waals surface area contributed by atoms with E-state index in [2.05, 4.69) is 15.6 Å². The number of nitrogens with one attached hydrogen (secondary N) is 2. The number of aryl methyl sites for hydroxylation is 1. The molecule has 0 atom stereocenters. The minimum absolute atomic E-state index is 0.242. The number of pyridine rings is 1. The van der Waals surface area contributed by atoms with Crippen LogP contribution in [0.2, 0.25) is 5.02 Å². The summed E-state index contributed by atoms with van der Waals surface area (Å²) in [7, 11) is 0. The van der Waals surface area contributed by atoms with E-state index in [-0.39, 0.29) is 12.1 Å². The van der Waals surface area contributed by atoms with Crippen LogP contribution in [0.25, 0.3) is 10.9 Å². The maximum absolute atomic E-state index is 12.0. The van der Waals surface area contributed by atoms with E-state index in [9.17, 15) is 4.79 Å². The van der Waals surface area contributed by atoms with Crippen LogP contribution in [0, 0.1) is 12.8 Å². The number of urea groups is 1. The van der Waals surface area contributed by atoms with Gasteiger partial charge >= 0.3 is 6.03 Å². The number of halogens is 1. The van der Waals surface area contributed by atoms with Crippen LogP contribution in [0.4, 0.5) is 10.5 Å². The van der Waals surface area contributed by atoms with Gasteiger partial charge in [0.2, 0.25) is 0 Å². The Morgan fingerprint density at radius 3 is 2.71 bits per heavy atom. The Morgan fingerprint density at radius 2 is 1.97 bits per heavy atom. The summed E-state index contributed by atoms with van der Waals surface area (Å²) in [4.78, 5) is 16.4. The van der Waals surface area contributed by atoms with E-state index in [0.29, 0.717) is 28.1 Å². The molecule has 2 aliphatic rings. The molecule has 2 fully saturated rings. The number of ether oxygens (including phenoxy) is 2. The van der Waals surface area contributed by atoms with E-state index >= 15 is 0 Å². The molecule has 0 spiro atoms. The van der Waals surface area contributed by atoms with Gasteiger partial charge in [-0.2, -0.15) is 0 Å². The molecular weight excluding hydrogens is 414 g/mol. The highest BCUT2D eigenvalue weighted by Crippen LogP contribution is 2.36. The lowest BCUT2D eigenvalue weighted by Crippen LogP contribution is -2.30. The molecule has 31 heavy (non-hydrogen) atoms. The first kappa shape index (κ1) is 19.9. The van der Waals surface area contributed by atoms with Gasteiger partial charge in [-0.05, 0) is 68.4 Å². The molecule has 1 heterocycles. The van der Waals surface area contributed by atoms with E-state index in [1.807, 2.05) is 25.1 Å². The Hall–Kier alpha value is -2.99. The van der Waals surface area contributed by atoms with Crippen LogP contribution in [0.15, 0.2) is 42.6 Å². The monoisotopic (exact) mass is 437 g/mol. The second-order valence-corrected chi connectivity index (χ2v) is 8.72. The van der Waals surface area contributed by atoms with Gasteiger partial charge in [-0.15, -0.1) is 0 Å². The molecular formula is C24H24ClN3O3. The zero-order valence-corrected chi connectivity index (χ0v) is 18.0. The zero-order chi connectivity index (χ0) is 21.4. The number of carbonyl (C=O) groups excluding carboxylic acids is 1. The number of carbonyl (C=O) groups is 1. The number of amides is 2. The summed E-state index contributed by atoms with van der Waals surface area (Å²) < 4.78 is 12.1. The first-order valence-electron chi connectivity index (χ1n) is 10.6. The molecule has 0 unspecified atom stereocenters. The summed E-state index contributed by atoms with van der Waals surface area (Å²) in [5, 5.41) is 6.97. The number of aromatic nitrogens is 1. The number of rotatable bonds is 7. The van der Waals surface area contributed by atoms with Crippen LogP contribution < -0.4 is 20.1 Å². The summed E-state index contributed by atoms with van der Waals surface area (Å²) in [5.41, 5.74) is 2.40. The molecule has 5 rings (SSSR count). The minimum Gasteiger partial charge on any atom is -0.493 e. The highest BCUT2D eigenvalue weighted by atomic mass is 35.5. The normalized spacial score (nSPS) is 15.5. The first-order valence-corrected chi connectivity index (χ1v) is 11.0. The van der Waals surface area contributed by atoms with Gasteiger partial charge in [0.25, 0.3) is 0 Å². The first-order chi connectivity index (χ1) is 15.0. The second-order valence-electron chi connectivity index (χ2n) is 8.31. The molecule has 0 bridgehead atoms. The largest absolute Gasteiger partial charge is 0.493 e. The Balaban J connectivity index is 1.33. The fourth-order valence-electron chi connectivity index (χ4n) is 3.35. The van der Waals surface area contributed by atoms with Crippen molar-refractivity contribution in [3.63, 3.8) is 0 Å². The summed E-state index contributed by atoms with van der Waals surface area (Å²) in [5.74, 6) is 2.83. The van der Waals surface area contributed by atoms with Gasteiger partial charge in [0.1, 0.15) is 17.2 Å². The standard InChI is InChI=1S/C24H24ClN3O3/c1-14-10-18-21(12-23(14)30-13-15-2-3-15)26-9-8-22(18)31-17-6-7-20(19(25)11-17)28-24(29)27-16-4-5-16/h6-12,15-16H,2-5,13H2,1H3,(H2,27,28,29). The van der Waals surface area contributed by atoms with Gasteiger partial charge < -0.3 is 20.1 Å². The van der Waals surface area contributed by atoms with Crippen LogP contribution in [0.5, 0.6) is 17.2 Å². The Labute approximate surface area is 185 Å². The number of nitrogens with zero attached hydrogens (tertiary/aromatic N) is 1. The van der Waals surface area contributed by atoms with Crippen LogP contribution in [-0.4, -0.2) is 23.7 Å². The lowest BCUT2D eigenvalue weighted by atomic mass is 10.1. The molecule has 2 N–H and O–H groups in total. The van der Waals surface area contributed by atoms with Gasteiger partial charge in [0, 0.05) is 29.8 Å². The molecule has 1 aromatic heterocycles. The molecule has 7 heteroatoms. The highest BCUT2D eigenvalue weighted by molar-refractivity contribution is 6.33. The van der Waals surface area contributed by atoms with Gasteiger partial charge in [0.05, 0.1) is 22.8 Å². The quantitative estimate of drug-likeness (QED) is 0.471. The average molecular weight is 438 g/mol. The average Bonchev–Trinajstić information content (AvgIpc) is 3.65. The molecule has 160 valence electrons. The number of benzene rings is 2. The van der Waals surface area contributed by atoms with E-state index in [1.54, 1.807) is 24.4 Å². The fraction of sp³-hybridized carbons (Fsp3) is 0.333. The van der Waals surface area contributed by atoms with E-state index < -0.39 is 0 Å². The summed E-state index contributed by atoms with van der Waals surface area (Å²) in [6.45, 7) is 2.79. The van der Waals surface area contributed by atoms with Gasteiger partial charge in [-0.1, -0.05) is 11.6 Å². The fourth-order valence-corrected chi connectivity index (χ4v) is 3.57. The number of anilines is 1. The smallest absolute Gasteiger partial charge is 0.319 e. The Bertz CT molecular complexity index is 1140. The Morgan fingerprint density at radius 1 is 1.13 bits per heavy atom. The summed E-state index contributed by atoms with van der Waals surface area (Å²) in [6, 6.07) is 11.1. The van der Waals surface area contributed by atoms with Crippen molar-refractivity contribution in [1.29, 1.82) is 0 Å². The van der Waals surface area contributed by atoms with E-state index in [4.69, 9.17) is 21.1 Å². The van der Waals surface area contributed by atoms with Crippen molar-refractivity contribution in [3.8, 4) is 17.2 Å². The van der Waals surface area contributed by atoms with Gasteiger partial charge in [0.15, 0.2) is 0 Å². The molecule has 2 aliphatic carbocycles. The number of hydrogen-bond acceptors (Lipinski definition) is 4. The van der Waals surface area contributed by atoms with E-state index in [0.717, 1.165) is 41.7 Å². The predicted octanol–water partition coefficient (Wildman–Crippen LogP) is 6.06. The molecule has 3 aromatic rings. The lowest BCUT2D eigenvalue weighted by Gasteiger charge is -2.14. The topological polar surface area (TPSA) is 72.5 Å². The molecule has 0 radical (unpaired) electrons. The maximum atomic E-state index is 12.0. The van der Waals surface area contributed by atoms with Crippen molar-refractivity contribution in [1.82, 2.24) is 10.3 Å². The van der Waals surface area contributed by atoms with Crippen molar-refractivity contribution in [2.75, 3.05) is 11.9 Å². The van der Waals surface area contributed by atoms with Crippen LogP contribution in [0.3, 0.4) is 0 Å². The minimum atomic E-state index is -0.242. The van der Waals surface area contributed by atoms with Crippen molar-refractivity contribution < 1.29 is 14.3 Å². The molecule has 0 saturated heterocycles.